The van der Waals surface area contributed by atoms with Crippen LogP contribution < -0.4 is 5.32 Å². The zero-order chi connectivity index (χ0) is 16.4. The molecule has 6 heteroatoms. The molecule has 1 amide bonds. The van der Waals surface area contributed by atoms with Crippen LogP contribution >= 0.6 is 22.7 Å². The van der Waals surface area contributed by atoms with Crippen molar-refractivity contribution in [3.8, 4) is 9.88 Å². The first kappa shape index (κ1) is 15.5. The van der Waals surface area contributed by atoms with Crippen LogP contribution in [0.5, 0.6) is 0 Å². The van der Waals surface area contributed by atoms with Crippen molar-refractivity contribution in [3.05, 3.63) is 64.0 Å². The van der Waals surface area contributed by atoms with Gasteiger partial charge in [-0.15, -0.1) is 22.7 Å². The van der Waals surface area contributed by atoms with Crippen LogP contribution in [0, 0.1) is 0 Å². The van der Waals surface area contributed by atoms with E-state index in [0.29, 0.717) is 18.8 Å². The third kappa shape index (κ3) is 3.13. The maximum atomic E-state index is 12.4. The molecule has 3 heterocycles. The molecule has 4 rings (SSSR count). The van der Waals surface area contributed by atoms with E-state index >= 15 is 0 Å². The Labute approximate surface area is 148 Å². The lowest BCUT2D eigenvalue weighted by Crippen LogP contribution is -2.32. The number of thiazole rings is 1. The lowest BCUT2D eigenvalue weighted by atomic mass is 9.97. The number of nitrogens with zero attached hydrogens (tertiary/aromatic N) is 1. The largest absolute Gasteiger partial charge is 0.371 e. The summed E-state index contributed by atoms with van der Waals surface area (Å²) in [6, 6.07) is 12.2. The molecule has 0 spiro atoms. The highest BCUT2D eigenvalue weighted by Crippen LogP contribution is 2.28. The predicted molar refractivity (Wildman–Crippen MR) is 96.6 cm³/mol. The maximum absolute atomic E-state index is 12.4. The van der Waals surface area contributed by atoms with Crippen LogP contribution in [-0.2, 0) is 11.2 Å². The van der Waals surface area contributed by atoms with Crippen molar-refractivity contribution < 1.29 is 9.53 Å². The van der Waals surface area contributed by atoms with E-state index < -0.39 is 0 Å². The van der Waals surface area contributed by atoms with Gasteiger partial charge in [-0.25, -0.2) is 4.98 Å². The van der Waals surface area contributed by atoms with Gasteiger partial charge in [-0.05, 0) is 29.0 Å². The number of nitrogens with one attached hydrogen (secondary N) is 1. The smallest absolute Gasteiger partial charge is 0.270 e. The molecule has 1 aliphatic rings. The highest BCUT2D eigenvalue weighted by molar-refractivity contribution is 7.20. The van der Waals surface area contributed by atoms with E-state index in [2.05, 4.69) is 22.4 Å². The Balaban J connectivity index is 1.43. The molecule has 4 nitrogen and oxygen atoms in total. The Morgan fingerprint density at radius 3 is 3.04 bits per heavy atom. The van der Waals surface area contributed by atoms with E-state index in [-0.39, 0.29) is 12.0 Å². The van der Waals surface area contributed by atoms with Crippen molar-refractivity contribution >= 4 is 28.6 Å². The van der Waals surface area contributed by atoms with E-state index in [4.69, 9.17) is 4.74 Å². The molecule has 2 aromatic heterocycles. The summed E-state index contributed by atoms with van der Waals surface area (Å²) in [5.41, 5.74) is 2.94. The van der Waals surface area contributed by atoms with E-state index in [1.807, 2.05) is 29.6 Å². The number of amides is 1. The molecule has 1 aromatic carbocycles. The minimum absolute atomic E-state index is 0.0886. The van der Waals surface area contributed by atoms with Gasteiger partial charge in [0.2, 0.25) is 0 Å². The van der Waals surface area contributed by atoms with Crippen molar-refractivity contribution in [2.45, 2.75) is 12.5 Å². The van der Waals surface area contributed by atoms with Gasteiger partial charge in [0.15, 0.2) is 0 Å². The fourth-order valence-corrected chi connectivity index (χ4v) is 4.43. The van der Waals surface area contributed by atoms with E-state index in [9.17, 15) is 4.79 Å². The topological polar surface area (TPSA) is 51.2 Å². The highest BCUT2D eigenvalue weighted by atomic mass is 32.1. The van der Waals surface area contributed by atoms with Crippen LogP contribution in [0.2, 0.25) is 0 Å². The quantitative estimate of drug-likeness (QED) is 0.771. The molecule has 0 aliphatic carbocycles. The van der Waals surface area contributed by atoms with Gasteiger partial charge in [0.1, 0.15) is 16.8 Å². The van der Waals surface area contributed by atoms with Gasteiger partial charge in [-0.3, -0.25) is 4.79 Å². The molecular weight excluding hydrogens is 340 g/mol. The van der Waals surface area contributed by atoms with Crippen LogP contribution in [0.3, 0.4) is 0 Å². The van der Waals surface area contributed by atoms with Crippen LogP contribution in [-0.4, -0.2) is 24.0 Å². The summed E-state index contributed by atoms with van der Waals surface area (Å²) in [6.07, 6.45) is 0.839. The number of hydrogen-bond donors (Lipinski definition) is 1. The first-order valence-electron chi connectivity index (χ1n) is 7.78. The van der Waals surface area contributed by atoms with Gasteiger partial charge in [0, 0.05) is 11.9 Å². The van der Waals surface area contributed by atoms with Crippen LogP contribution in [0.1, 0.15) is 27.7 Å². The summed E-state index contributed by atoms with van der Waals surface area (Å²) < 4.78 is 5.82. The van der Waals surface area contributed by atoms with Gasteiger partial charge < -0.3 is 10.1 Å². The Bertz CT molecular complexity index is 842. The number of carbonyl (C=O) groups excluding carboxylic acids is 1. The predicted octanol–water partition coefficient (Wildman–Crippen LogP) is 3.92. The van der Waals surface area contributed by atoms with Crippen LogP contribution in [0.25, 0.3) is 9.88 Å². The second kappa shape index (κ2) is 6.84. The zero-order valence-electron chi connectivity index (χ0n) is 12.9. The van der Waals surface area contributed by atoms with Crippen molar-refractivity contribution in [2.75, 3.05) is 13.2 Å². The normalized spacial score (nSPS) is 16.6. The molecular formula is C18H16N2O2S2. The highest BCUT2D eigenvalue weighted by Gasteiger charge is 2.21. The number of fused-ring (bicyclic) bond motifs is 1. The van der Waals surface area contributed by atoms with Crippen LogP contribution in [0.15, 0.2) is 47.2 Å². The average molecular weight is 356 g/mol. The molecule has 122 valence electrons. The number of aromatic nitrogens is 1. The zero-order valence-corrected chi connectivity index (χ0v) is 14.5. The number of benzene rings is 1. The summed E-state index contributed by atoms with van der Waals surface area (Å²) in [4.78, 5) is 17.9. The fourth-order valence-electron chi connectivity index (χ4n) is 2.81. The Morgan fingerprint density at radius 1 is 1.25 bits per heavy atom. The van der Waals surface area contributed by atoms with Crippen molar-refractivity contribution in [3.63, 3.8) is 0 Å². The summed E-state index contributed by atoms with van der Waals surface area (Å²) in [6.45, 7) is 1.15. The number of hydrogen-bond acceptors (Lipinski definition) is 5. The van der Waals surface area contributed by atoms with Crippen LogP contribution in [0.4, 0.5) is 0 Å². The number of thiophene rings is 1. The van der Waals surface area contributed by atoms with Crippen molar-refractivity contribution in [1.82, 2.24) is 10.3 Å². The minimum atomic E-state index is -0.152. The summed E-state index contributed by atoms with van der Waals surface area (Å²) in [5.74, 6) is -0.152. The molecule has 0 fully saturated rings. The number of ether oxygens (including phenoxy) is 1. The SMILES string of the molecule is O=C(NCC1OCCc2ccccc21)c1csc(-c2cccs2)n1. The fraction of sp³-hybridized carbons (Fsp3) is 0.222. The first-order chi connectivity index (χ1) is 11.8. The lowest BCUT2D eigenvalue weighted by Gasteiger charge is -2.26. The molecule has 0 saturated carbocycles. The van der Waals surface area contributed by atoms with Crippen molar-refractivity contribution in [1.29, 1.82) is 0 Å². The second-order valence-electron chi connectivity index (χ2n) is 5.53. The Hall–Kier alpha value is -2.02. The van der Waals surface area contributed by atoms with E-state index in [1.165, 1.54) is 22.5 Å². The molecule has 0 radical (unpaired) electrons. The number of rotatable bonds is 4. The molecule has 1 atom stereocenters. The van der Waals surface area contributed by atoms with Gasteiger partial charge >= 0.3 is 0 Å². The standard InChI is InChI=1S/C18H16N2O2S2/c21-17(14-11-24-18(20-14)16-6-3-9-23-16)19-10-15-13-5-2-1-4-12(13)7-8-22-15/h1-6,9,11,15H,7-8,10H2,(H,19,21). The van der Waals surface area contributed by atoms with Gasteiger partial charge in [0.05, 0.1) is 11.5 Å². The van der Waals surface area contributed by atoms with Gasteiger partial charge in [-0.2, -0.15) is 0 Å². The third-order valence-corrected chi connectivity index (χ3v) is 5.89. The Kier molecular flexibility index (Phi) is 4.42. The monoisotopic (exact) mass is 356 g/mol. The molecule has 0 saturated heterocycles. The Morgan fingerprint density at radius 2 is 2.17 bits per heavy atom. The van der Waals surface area contributed by atoms with Crippen molar-refractivity contribution in [2.24, 2.45) is 0 Å². The molecule has 3 aromatic rings. The first-order valence-corrected chi connectivity index (χ1v) is 9.54. The summed E-state index contributed by atoms with van der Waals surface area (Å²) in [5, 5.41) is 7.65. The number of carbonyl (C=O) groups is 1. The molecule has 1 aliphatic heterocycles. The van der Waals surface area contributed by atoms with Gasteiger partial charge in [-0.1, -0.05) is 30.3 Å². The maximum Gasteiger partial charge on any atom is 0.270 e. The third-order valence-electron chi connectivity index (χ3n) is 4.01. The molecule has 0 bridgehead atoms. The van der Waals surface area contributed by atoms with E-state index in [0.717, 1.165) is 16.3 Å². The molecule has 1 N–H and O–H groups in total. The summed E-state index contributed by atoms with van der Waals surface area (Å²) >= 11 is 3.12. The van der Waals surface area contributed by atoms with Gasteiger partial charge in [0.25, 0.3) is 5.91 Å². The van der Waals surface area contributed by atoms with E-state index in [1.54, 1.807) is 16.7 Å². The minimum Gasteiger partial charge on any atom is -0.371 e. The summed E-state index contributed by atoms with van der Waals surface area (Å²) in [7, 11) is 0. The lowest BCUT2D eigenvalue weighted by molar-refractivity contribution is 0.0411. The molecule has 24 heavy (non-hydrogen) atoms. The average Bonchev–Trinajstić information content (AvgIpc) is 3.30. The molecule has 1 unspecified atom stereocenters. The second-order valence-corrected chi connectivity index (χ2v) is 7.34.